The summed E-state index contributed by atoms with van der Waals surface area (Å²) in [6.07, 6.45) is -4.01. The van der Waals surface area contributed by atoms with Crippen LogP contribution in [0, 0.1) is 18.6 Å². The molecule has 0 fully saturated rings. The molecular weight excluding hydrogens is 495 g/mol. The number of halogens is 5. The van der Waals surface area contributed by atoms with Crippen LogP contribution in [0.2, 0.25) is 0 Å². The number of hydrogen-bond donors (Lipinski definition) is 1. The Bertz CT molecular complexity index is 1300. The van der Waals surface area contributed by atoms with Crippen LogP contribution in [0.25, 0.3) is 0 Å². The van der Waals surface area contributed by atoms with E-state index in [1.165, 1.54) is 27.1 Å². The van der Waals surface area contributed by atoms with Crippen molar-refractivity contribution in [3.8, 4) is 29.0 Å². The molecule has 0 radical (unpaired) electrons. The fourth-order valence-corrected chi connectivity index (χ4v) is 2.82. The molecule has 0 spiro atoms. The molecule has 190 valence electrons. The van der Waals surface area contributed by atoms with Crippen molar-refractivity contribution in [2.24, 2.45) is 5.16 Å². The maximum absolute atomic E-state index is 15.1. The highest BCUT2D eigenvalue weighted by Gasteiger charge is 2.31. The first kappa shape index (κ1) is 26.1. The normalized spacial score (nSPS) is 11.6. The number of hydrogen-bond acceptors (Lipinski definition) is 8. The van der Waals surface area contributed by atoms with Crippen LogP contribution in [0.5, 0.6) is 29.0 Å². The van der Waals surface area contributed by atoms with Gasteiger partial charge in [-0.1, -0.05) is 5.16 Å². The maximum atomic E-state index is 15.1. The smallest absolute Gasteiger partial charge is 0.436 e. The zero-order chi connectivity index (χ0) is 26.5. The molecule has 0 unspecified atom stereocenters. The van der Waals surface area contributed by atoms with Crippen LogP contribution in [0.4, 0.5) is 22.0 Å². The fraction of sp³-hybridized carbons (Fsp3) is 0.182. The third-order valence-corrected chi connectivity index (χ3v) is 4.34. The predicted octanol–water partition coefficient (Wildman–Crippen LogP) is 4.64. The zero-order valence-corrected chi connectivity index (χ0v) is 18.8. The van der Waals surface area contributed by atoms with Gasteiger partial charge in [-0.2, -0.15) is 14.4 Å². The quantitative estimate of drug-likeness (QED) is 0.266. The van der Waals surface area contributed by atoms with E-state index >= 15 is 4.39 Å². The van der Waals surface area contributed by atoms with Crippen LogP contribution < -0.4 is 19.5 Å². The topological polar surface area (TPSA) is 104 Å². The number of alkyl halides is 3. The molecule has 36 heavy (non-hydrogen) atoms. The average molecular weight is 512 g/mol. The minimum Gasteiger partial charge on any atom is -0.436 e. The lowest BCUT2D eigenvalue weighted by Gasteiger charge is -2.14. The second kappa shape index (κ2) is 10.8. The molecular formula is C22H17F5N4O5. The molecule has 0 atom stereocenters. The average Bonchev–Trinajstić information content (AvgIpc) is 2.80. The van der Waals surface area contributed by atoms with Gasteiger partial charge in [-0.25, -0.2) is 4.39 Å². The summed E-state index contributed by atoms with van der Waals surface area (Å²) in [5.41, 5.74) is -0.164. The van der Waals surface area contributed by atoms with E-state index in [9.17, 15) is 22.4 Å². The van der Waals surface area contributed by atoms with Crippen LogP contribution in [0.1, 0.15) is 11.1 Å². The van der Waals surface area contributed by atoms with Crippen molar-refractivity contribution >= 4 is 11.6 Å². The Morgan fingerprint density at radius 3 is 2.25 bits per heavy atom. The van der Waals surface area contributed by atoms with Gasteiger partial charge < -0.3 is 24.4 Å². The number of nitrogens with one attached hydrogen (secondary N) is 1. The SMILES string of the molecule is CNC(=O)C(=NOC)c1ccc(F)cc1Oc1ncnc(Oc2ccc(OC(F)(F)F)cc2C)c1F. The van der Waals surface area contributed by atoms with Gasteiger partial charge in [0.25, 0.3) is 17.7 Å². The van der Waals surface area contributed by atoms with Crippen LogP contribution in [0.15, 0.2) is 47.9 Å². The van der Waals surface area contributed by atoms with Gasteiger partial charge in [-0.15, -0.1) is 13.2 Å². The van der Waals surface area contributed by atoms with E-state index in [4.69, 9.17) is 9.47 Å². The number of aromatic nitrogens is 2. The van der Waals surface area contributed by atoms with Crippen molar-refractivity contribution in [3.63, 3.8) is 0 Å². The molecule has 0 aliphatic rings. The lowest BCUT2D eigenvalue weighted by Crippen LogP contribution is -2.29. The Balaban J connectivity index is 1.93. The number of rotatable bonds is 8. The summed E-state index contributed by atoms with van der Waals surface area (Å²) >= 11 is 0. The number of carbonyl (C=O) groups is 1. The van der Waals surface area contributed by atoms with Gasteiger partial charge >= 0.3 is 6.36 Å². The second-order valence-corrected chi connectivity index (χ2v) is 6.82. The van der Waals surface area contributed by atoms with Crippen LogP contribution in [-0.2, 0) is 9.63 Å². The van der Waals surface area contributed by atoms with E-state index in [0.717, 1.165) is 36.7 Å². The molecule has 1 N–H and O–H groups in total. The first-order chi connectivity index (χ1) is 17.0. The lowest BCUT2D eigenvalue weighted by atomic mass is 10.1. The summed E-state index contributed by atoms with van der Waals surface area (Å²) in [6, 6.07) is 6.20. The summed E-state index contributed by atoms with van der Waals surface area (Å²) in [4.78, 5) is 24.2. The van der Waals surface area contributed by atoms with Crippen molar-refractivity contribution in [3.05, 3.63) is 65.5 Å². The molecule has 0 saturated heterocycles. The highest BCUT2D eigenvalue weighted by Crippen LogP contribution is 2.34. The molecule has 3 rings (SSSR count). The molecule has 2 aromatic carbocycles. The summed E-state index contributed by atoms with van der Waals surface area (Å²) < 4.78 is 80.9. The van der Waals surface area contributed by atoms with Crippen molar-refractivity contribution < 1.29 is 45.8 Å². The van der Waals surface area contributed by atoms with Crippen molar-refractivity contribution in [2.45, 2.75) is 13.3 Å². The molecule has 3 aromatic rings. The standard InChI is InChI=1S/C22H17F5N4O5/c1-11-8-13(36-22(25,26)27)5-7-15(11)34-20-17(24)21(30-10-29-20)35-16-9-12(23)4-6-14(16)18(31-33-3)19(32)28-2/h4-10H,1-3H3,(H,28,32). The molecule has 9 nitrogen and oxygen atoms in total. The van der Waals surface area contributed by atoms with E-state index in [1.807, 2.05) is 0 Å². The van der Waals surface area contributed by atoms with Gasteiger partial charge in [-0.3, -0.25) is 4.79 Å². The van der Waals surface area contributed by atoms with Crippen LogP contribution in [0.3, 0.4) is 0 Å². The van der Waals surface area contributed by atoms with Gasteiger partial charge in [-0.05, 0) is 42.8 Å². The van der Waals surface area contributed by atoms with E-state index in [-0.39, 0.29) is 28.3 Å². The van der Waals surface area contributed by atoms with Crippen LogP contribution in [-0.4, -0.2) is 42.1 Å². The largest absolute Gasteiger partial charge is 0.573 e. The molecule has 0 saturated carbocycles. The first-order valence-electron chi connectivity index (χ1n) is 9.88. The Morgan fingerprint density at radius 1 is 1.00 bits per heavy atom. The number of aryl methyl sites for hydroxylation is 1. The van der Waals surface area contributed by atoms with Gasteiger partial charge in [0, 0.05) is 13.1 Å². The van der Waals surface area contributed by atoms with Crippen LogP contribution >= 0.6 is 0 Å². The highest BCUT2D eigenvalue weighted by atomic mass is 19.4. The summed E-state index contributed by atoms with van der Waals surface area (Å²) in [6.45, 7) is 1.41. The Kier molecular flexibility index (Phi) is 7.86. The summed E-state index contributed by atoms with van der Waals surface area (Å²) in [7, 11) is 2.51. The van der Waals surface area contributed by atoms with Crippen molar-refractivity contribution in [2.75, 3.05) is 14.2 Å². The molecule has 0 bridgehead atoms. The number of oxime groups is 1. The third-order valence-electron chi connectivity index (χ3n) is 4.34. The van der Waals surface area contributed by atoms with Gasteiger partial charge in [0.2, 0.25) is 5.82 Å². The number of nitrogens with zero attached hydrogens (tertiary/aromatic N) is 3. The Labute approximate surface area is 200 Å². The third kappa shape index (κ3) is 6.34. The minimum atomic E-state index is -4.89. The summed E-state index contributed by atoms with van der Waals surface area (Å²) in [5.74, 6) is -4.89. The molecule has 0 aliphatic carbocycles. The number of amides is 1. The summed E-state index contributed by atoms with van der Waals surface area (Å²) in [5, 5.41) is 5.94. The van der Waals surface area contributed by atoms with Crippen molar-refractivity contribution in [1.82, 2.24) is 15.3 Å². The zero-order valence-electron chi connectivity index (χ0n) is 18.8. The van der Waals surface area contributed by atoms with Gasteiger partial charge in [0.05, 0.1) is 5.56 Å². The minimum absolute atomic E-state index is 0.0337. The Morgan fingerprint density at radius 2 is 1.67 bits per heavy atom. The van der Waals surface area contributed by atoms with Crippen molar-refractivity contribution in [1.29, 1.82) is 0 Å². The van der Waals surface area contributed by atoms with E-state index in [1.54, 1.807) is 0 Å². The lowest BCUT2D eigenvalue weighted by molar-refractivity contribution is -0.274. The van der Waals surface area contributed by atoms with Gasteiger partial charge in [0.15, 0.2) is 5.71 Å². The van der Waals surface area contributed by atoms with Gasteiger partial charge in [0.1, 0.15) is 36.5 Å². The fourth-order valence-electron chi connectivity index (χ4n) is 2.82. The van der Waals surface area contributed by atoms with E-state index < -0.39 is 41.4 Å². The molecule has 1 amide bonds. The highest BCUT2D eigenvalue weighted by molar-refractivity contribution is 6.45. The number of ether oxygens (including phenoxy) is 3. The first-order valence-corrected chi connectivity index (χ1v) is 9.88. The number of benzene rings is 2. The molecule has 0 aliphatic heterocycles. The molecule has 1 aromatic heterocycles. The van der Waals surface area contributed by atoms with E-state index in [0.29, 0.717) is 0 Å². The predicted molar refractivity (Wildman–Crippen MR) is 114 cm³/mol. The second-order valence-electron chi connectivity index (χ2n) is 6.82. The Hall–Kier alpha value is -4.49. The maximum Gasteiger partial charge on any atom is 0.573 e. The number of likely N-dealkylation sites (N-methyl/N-ethyl adjacent to an activating group) is 1. The number of carbonyl (C=O) groups excluding carboxylic acids is 1. The van der Waals surface area contributed by atoms with E-state index in [2.05, 4.69) is 30.0 Å². The monoisotopic (exact) mass is 512 g/mol. The molecule has 14 heteroatoms. The molecule has 1 heterocycles.